The molecule has 0 unspecified atom stereocenters. The summed E-state index contributed by atoms with van der Waals surface area (Å²) in [5.41, 5.74) is -0.449. The van der Waals surface area contributed by atoms with E-state index in [1.165, 1.54) is 4.90 Å². The van der Waals surface area contributed by atoms with Gasteiger partial charge in [0.1, 0.15) is 0 Å². The fraction of sp³-hybridized carbons (Fsp3) is 0.125. The summed E-state index contributed by atoms with van der Waals surface area (Å²) in [5.74, 6) is -0.898. The first-order valence-electron chi connectivity index (χ1n) is 9.58. The van der Waals surface area contributed by atoms with E-state index >= 15 is 0 Å². The van der Waals surface area contributed by atoms with Gasteiger partial charge in [-0.15, -0.1) is 0 Å². The second kappa shape index (κ2) is 6.50. The van der Waals surface area contributed by atoms with Crippen LogP contribution in [0.1, 0.15) is 16.7 Å². The van der Waals surface area contributed by atoms with Gasteiger partial charge in [0.15, 0.2) is 5.54 Å². The molecule has 5 rings (SSSR count). The Kier molecular flexibility index (Phi) is 4.01. The van der Waals surface area contributed by atoms with Crippen molar-refractivity contribution >= 4 is 34.9 Å². The maximum absolute atomic E-state index is 14.0. The Balaban J connectivity index is 1.82. The summed E-state index contributed by atoms with van der Waals surface area (Å²) >= 11 is 5.34. The molecule has 2 saturated heterocycles. The first kappa shape index (κ1) is 18.5. The topological polar surface area (TPSA) is 58.6 Å². The third-order valence-electron chi connectivity index (χ3n) is 5.77. The van der Waals surface area contributed by atoms with Crippen LogP contribution in [0.15, 0.2) is 84.9 Å². The molecule has 2 aliphatic heterocycles. The van der Waals surface area contributed by atoms with Crippen molar-refractivity contribution in [1.29, 1.82) is 0 Å². The van der Waals surface area contributed by atoms with Crippen molar-refractivity contribution in [2.75, 3.05) is 4.90 Å². The molecule has 2 amide bonds. The van der Waals surface area contributed by atoms with Gasteiger partial charge >= 0.3 is 0 Å². The van der Waals surface area contributed by atoms with Crippen molar-refractivity contribution in [3.63, 3.8) is 0 Å². The molecule has 2 atom stereocenters. The van der Waals surface area contributed by atoms with Gasteiger partial charge in [-0.05, 0) is 36.8 Å². The number of hydrogen-bond donors (Lipinski definition) is 1. The third-order valence-corrected chi connectivity index (χ3v) is 5.96. The summed E-state index contributed by atoms with van der Waals surface area (Å²) in [6.07, 6.45) is 0. The van der Waals surface area contributed by atoms with Gasteiger partial charge < -0.3 is 10.1 Å². The van der Waals surface area contributed by atoms with Crippen LogP contribution in [0.2, 0.25) is 0 Å². The van der Waals surface area contributed by atoms with Gasteiger partial charge in [-0.3, -0.25) is 9.59 Å². The van der Waals surface area contributed by atoms with Crippen LogP contribution in [0.25, 0.3) is 0 Å². The lowest BCUT2D eigenvalue weighted by atomic mass is 9.73. The minimum absolute atomic E-state index is 0.0213. The second-order valence-electron chi connectivity index (χ2n) is 7.46. The molecule has 2 aliphatic rings. The molecular formula is C24H18N2O3S. The van der Waals surface area contributed by atoms with Gasteiger partial charge in [0.2, 0.25) is 0 Å². The smallest absolute Gasteiger partial charge is 0.286 e. The van der Waals surface area contributed by atoms with E-state index in [4.69, 9.17) is 17.0 Å². The molecule has 3 aromatic carbocycles. The average Bonchev–Trinajstić information content (AvgIpc) is 3.19. The Morgan fingerprint density at radius 3 is 1.97 bits per heavy atom. The standard InChI is InChI=1S/C24H18N2O3S/c1-16-12-14-19(15-13-16)26-20(27)23(17-8-4-2-5-9-17)24(21(26)28,29-22(30)25-23)18-10-6-3-7-11-18/h2-15H,1H3,(H,25,30)/t23-,24+/m0/s1. The van der Waals surface area contributed by atoms with E-state index in [9.17, 15) is 9.59 Å². The van der Waals surface area contributed by atoms with Crippen LogP contribution in [0.3, 0.4) is 0 Å². The predicted octanol–water partition coefficient (Wildman–Crippen LogP) is 3.56. The number of anilines is 1. The van der Waals surface area contributed by atoms with Crippen molar-refractivity contribution in [3.05, 3.63) is 102 Å². The Labute approximate surface area is 179 Å². The molecule has 0 aromatic heterocycles. The van der Waals surface area contributed by atoms with Gasteiger partial charge in [0.05, 0.1) is 5.69 Å². The Hall–Kier alpha value is -3.51. The molecule has 0 bridgehead atoms. The number of ether oxygens (including phenoxy) is 1. The number of nitrogens with one attached hydrogen (secondary N) is 1. The van der Waals surface area contributed by atoms with E-state index in [1.54, 1.807) is 24.3 Å². The van der Waals surface area contributed by atoms with Crippen molar-refractivity contribution in [2.45, 2.75) is 18.1 Å². The van der Waals surface area contributed by atoms with Crippen LogP contribution in [0.4, 0.5) is 5.69 Å². The zero-order valence-electron chi connectivity index (χ0n) is 16.2. The Morgan fingerprint density at radius 1 is 0.800 bits per heavy atom. The van der Waals surface area contributed by atoms with E-state index < -0.39 is 23.0 Å². The summed E-state index contributed by atoms with van der Waals surface area (Å²) in [5, 5.41) is 3.09. The number of amides is 2. The van der Waals surface area contributed by atoms with Gasteiger partial charge in [-0.1, -0.05) is 78.4 Å². The molecule has 0 spiro atoms. The number of imide groups is 1. The molecule has 0 aliphatic carbocycles. The number of hydrogen-bond acceptors (Lipinski definition) is 4. The Morgan fingerprint density at radius 2 is 1.37 bits per heavy atom. The minimum atomic E-state index is -1.64. The predicted molar refractivity (Wildman–Crippen MR) is 117 cm³/mol. The largest absolute Gasteiger partial charge is 0.446 e. The summed E-state index contributed by atoms with van der Waals surface area (Å²) in [7, 11) is 0. The maximum atomic E-state index is 14.0. The lowest BCUT2D eigenvalue weighted by Gasteiger charge is -2.33. The molecule has 3 aromatic rings. The van der Waals surface area contributed by atoms with Crippen LogP contribution in [-0.4, -0.2) is 17.0 Å². The molecule has 148 valence electrons. The van der Waals surface area contributed by atoms with Crippen molar-refractivity contribution in [2.24, 2.45) is 0 Å². The molecule has 2 heterocycles. The van der Waals surface area contributed by atoms with Crippen LogP contribution < -0.4 is 10.2 Å². The fourth-order valence-corrected chi connectivity index (χ4v) is 4.67. The molecule has 0 saturated carbocycles. The number of thiocarbonyl (C=S) groups is 1. The summed E-state index contributed by atoms with van der Waals surface area (Å²) in [6, 6.07) is 25.5. The van der Waals surface area contributed by atoms with E-state index in [0.717, 1.165) is 5.56 Å². The normalized spacial score (nSPS) is 25.1. The van der Waals surface area contributed by atoms with Gasteiger partial charge in [-0.2, -0.15) is 0 Å². The lowest BCUT2D eigenvalue weighted by Crippen LogP contribution is -2.55. The summed E-state index contributed by atoms with van der Waals surface area (Å²) in [6.45, 7) is 1.95. The average molecular weight is 414 g/mol. The van der Waals surface area contributed by atoms with Crippen LogP contribution >= 0.6 is 12.2 Å². The first-order valence-corrected chi connectivity index (χ1v) is 9.99. The molecule has 1 N–H and O–H groups in total. The highest BCUT2D eigenvalue weighted by atomic mass is 32.1. The van der Waals surface area contributed by atoms with Crippen LogP contribution in [-0.2, 0) is 25.5 Å². The van der Waals surface area contributed by atoms with Crippen LogP contribution in [0, 0.1) is 6.92 Å². The zero-order valence-corrected chi connectivity index (χ0v) is 17.0. The number of carbonyl (C=O) groups excluding carboxylic acids is 2. The van der Waals surface area contributed by atoms with Crippen molar-refractivity contribution in [1.82, 2.24) is 5.32 Å². The van der Waals surface area contributed by atoms with Gasteiger partial charge in [0, 0.05) is 5.56 Å². The highest BCUT2D eigenvalue weighted by Crippen LogP contribution is 2.55. The molecule has 6 heteroatoms. The maximum Gasteiger partial charge on any atom is 0.286 e. The lowest BCUT2D eigenvalue weighted by molar-refractivity contribution is -0.135. The molecule has 5 nitrogen and oxygen atoms in total. The van der Waals surface area contributed by atoms with Crippen molar-refractivity contribution < 1.29 is 14.3 Å². The summed E-state index contributed by atoms with van der Waals surface area (Å²) in [4.78, 5) is 29.2. The highest BCUT2D eigenvalue weighted by molar-refractivity contribution is 7.80. The fourth-order valence-electron chi connectivity index (χ4n) is 4.39. The van der Waals surface area contributed by atoms with E-state index in [1.807, 2.05) is 67.6 Å². The molecule has 0 radical (unpaired) electrons. The van der Waals surface area contributed by atoms with E-state index in [0.29, 0.717) is 16.8 Å². The monoisotopic (exact) mass is 414 g/mol. The van der Waals surface area contributed by atoms with Crippen molar-refractivity contribution in [3.8, 4) is 0 Å². The van der Waals surface area contributed by atoms with Gasteiger partial charge in [-0.25, -0.2) is 4.90 Å². The molecular weight excluding hydrogens is 396 g/mol. The highest BCUT2D eigenvalue weighted by Gasteiger charge is 2.77. The number of carbonyl (C=O) groups is 2. The van der Waals surface area contributed by atoms with Crippen LogP contribution in [0.5, 0.6) is 0 Å². The quantitative estimate of drug-likeness (QED) is 0.525. The third kappa shape index (κ3) is 2.25. The van der Waals surface area contributed by atoms with E-state index in [-0.39, 0.29) is 5.17 Å². The minimum Gasteiger partial charge on any atom is -0.446 e. The number of nitrogens with zero attached hydrogens (tertiary/aromatic N) is 1. The number of aryl methyl sites for hydroxylation is 1. The first-order chi connectivity index (χ1) is 14.5. The number of fused-ring (bicyclic) bond motifs is 1. The Bertz CT molecular complexity index is 1090. The molecule has 30 heavy (non-hydrogen) atoms. The van der Waals surface area contributed by atoms with Gasteiger partial charge in [0.25, 0.3) is 22.6 Å². The molecule has 2 fully saturated rings. The number of rotatable bonds is 3. The SMILES string of the molecule is Cc1ccc(N2C(=O)[C@]3(c4ccccc4)NC(=S)O[C@]3(c3ccccc3)C2=O)cc1. The summed E-state index contributed by atoms with van der Waals surface area (Å²) < 4.78 is 6.08. The number of benzene rings is 3. The van der Waals surface area contributed by atoms with E-state index in [2.05, 4.69) is 5.32 Å². The zero-order chi connectivity index (χ0) is 20.9. The second-order valence-corrected chi connectivity index (χ2v) is 7.83.